The van der Waals surface area contributed by atoms with E-state index in [4.69, 9.17) is 5.73 Å². The maximum Gasteiger partial charge on any atom is 0.184 e. The summed E-state index contributed by atoms with van der Waals surface area (Å²) < 4.78 is 0. The Morgan fingerprint density at radius 2 is 1.68 bits per heavy atom. The number of carbonyl (C=O) groups is 1. The molecule has 0 radical (unpaired) electrons. The molecule has 19 heavy (non-hydrogen) atoms. The Morgan fingerprint density at radius 1 is 1.05 bits per heavy atom. The second kappa shape index (κ2) is 5.96. The molecule has 0 saturated heterocycles. The van der Waals surface area contributed by atoms with Gasteiger partial charge in [0, 0.05) is 11.1 Å². The Hall–Kier alpha value is -2.42. The number of benzene rings is 2. The molecular formula is C16H16N2O. The van der Waals surface area contributed by atoms with Crippen molar-refractivity contribution in [2.45, 2.75) is 6.92 Å². The normalized spacial score (nSPS) is 11.3. The molecule has 2 aromatic rings. The lowest BCUT2D eigenvalue weighted by atomic mass is 10.1. The maximum absolute atomic E-state index is 12.0. The van der Waals surface area contributed by atoms with Gasteiger partial charge in [0.15, 0.2) is 5.78 Å². The van der Waals surface area contributed by atoms with Crippen molar-refractivity contribution in [1.82, 2.24) is 0 Å². The van der Waals surface area contributed by atoms with Gasteiger partial charge in [-0.25, -0.2) is 0 Å². The van der Waals surface area contributed by atoms with Gasteiger partial charge in [0.2, 0.25) is 0 Å². The van der Waals surface area contributed by atoms with E-state index in [2.05, 4.69) is 4.99 Å². The zero-order chi connectivity index (χ0) is 13.7. The van der Waals surface area contributed by atoms with E-state index in [9.17, 15) is 4.79 Å². The molecule has 0 unspecified atom stereocenters. The van der Waals surface area contributed by atoms with E-state index < -0.39 is 0 Å². The molecule has 0 aromatic heterocycles. The third kappa shape index (κ3) is 3.28. The average molecular weight is 252 g/mol. The second-order valence-corrected chi connectivity index (χ2v) is 4.31. The van der Waals surface area contributed by atoms with Gasteiger partial charge in [0.05, 0.1) is 0 Å². The minimum absolute atomic E-state index is 0.0167. The highest BCUT2D eigenvalue weighted by Gasteiger charge is 2.07. The van der Waals surface area contributed by atoms with Gasteiger partial charge < -0.3 is 5.73 Å². The van der Waals surface area contributed by atoms with E-state index in [0.717, 1.165) is 11.1 Å². The minimum atomic E-state index is -0.0167. The van der Waals surface area contributed by atoms with Crippen molar-refractivity contribution in [1.29, 1.82) is 0 Å². The highest BCUT2D eigenvalue weighted by molar-refractivity contribution is 6.02. The first kappa shape index (κ1) is 13.0. The molecule has 3 nitrogen and oxygen atoms in total. The largest absolute Gasteiger partial charge is 0.383 e. The highest BCUT2D eigenvalue weighted by atomic mass is 16.1. The fourth-order valence-electron chi connectivity index (χ4n) is 1.83. The van der Waals surface area contributed by atoms with Crippen LogP contribution in [0, 0.1) is 6.92 Å². The van der Waals surface area contributed by atoms with Crippen molar-refractivity contribution in [3.05, 3.63) is 71.3 Å². The minimum Gasteiger partial charge on any atom is -0.383 e. The van der Waals surface area contributed by atoms with E-state index in [1.54, 1.807) is 0 Å². The number of nitrogens with zero attached hydrogens (tertiary/aromatic N) is 1. The van der Waals surface area contributed by atoms with Crippen LogP contribution in [0.15, 0.2) is 59.6 Å². The molecule has 2 aromatic carbocycles. The summed E-state index contributed by atoms with van der Waals surface area (Å²) in [4.78, 5) is 16.2. The summed E-state index contributed by atoms with van der Waals surface area (Å²) in [5.41, 5.74) is 8.35. The molecule has 0 amide bonds. The Balaban J connectivity index is 2.11. The predicted molar refractivity (Wildman–Crippen MR) is 77.5 cm³/mol. The van der Waals surface area contributed by atoms with Crippen molar-refractivity contribution in [3.8, 4) is 0 Å². The monoisotopic (exact) mass is 252 g/mol. The molecule has 96 valence electrons. The van der Waals surface area contributed by atoms with Gasteiger partial charge in [-0.15, -0.1) is 0 Å². The molecule has 3 heteroatoms. The van der Waals surface area contributed by atoms with Crippen molar-refractivity contribution < 1.29 is 4.79 Å². The van der Waals surface area contributed by atoms with Crippen LogP contribution in [0.25, 0.3) is 0 Å². The van der Waals surface area contributed by atoms with E-state index >= 15 is 0 Å². The predicted octanol–water partition coefficient (Wildman–Crippen LogP) is 2.58. The van der Waals surface area contributed by atoms with Crippen molar-refractivity contribution in [2.75, 3.05) is 6.54 Å². The first-order valence-corrected chi connectivity index (χ1v) is 6.12. The van der Waals surface area contributed by atoms with Crippen LogP contribution in [-0.2, 0) is 0 Å². The lowest BCUT2D eigenvalue weighted by Crippen LogP contribution is -2.16. The van der Waals surface area contributed by atoms with E-state index in [1.165, 1.54) is 0 Å². The summed E-state index contributed by atoms with van der Waals surface area (Å²) in [6, 6.07) is 16.9. The number of Topliss-reactive ketones (excluding diaryl/α,β-unsaturated/α-hetero) is 1. The standard InChI is InChI=1S/C16H16N2O/c1-12-7-5-6-10-14(12)15(19)11-18-16(17)13-8-3-2-4-9-13/h2-10H,11H2,1H3,(H2,17,18). The zero-order valence-corrected chi connectivity index (χ0v) is 10.8. The lowest BCUT2D eigenvalue weighted by Gasteiger charge is -2.03. The van der Waals surface area contributed by atoms with Gasteiger partial charge >= 0.3 is 0 Å². The third-order valence-electron chi connectivity index (χ3n) is 2.91. The van der Waals surface area contributed by atoms with Gasteiger partial charge in [0.25, 0.3) is 0 Å². The van der Waals surface area contributed by atoms with Gasteiger partial charge in [-0.1, -0.05) is 54.6 Å². The molecule has 0 bridgehead atoms. The number of hydrogen-bond acceptors (Lipinski definition) is 2. The molecule has 0 saturated carbocycles. The third-order valence-corrected chi connectivity index (χ3v) is 2.91. The Labute approximate surface area is 112 Å². The van der Waals surface area contributed by atoms with E-state index in [1.807, 2.05) is 61.5 Å². The zero-order valence-electron chi connectivity index (χ0n) is 10.8. The van der Waals surface area contributed by atoms with Crippen LogP contribution >= 0.6 is 0 Å². The van der Waals surface area contributed by atoms with Crippen LogP contribution in [0.4, 0.5) is 0 Å². The molecular weight excluding hydrogens is 236 g/mol. The van der Waals surface area contributed by atoms with Crippen molar-refractivity contribution in [3.63, 3.8) is 0 Å². The molecule has 0 aliphatic heterocycles. The fourth-order valence-corrected chi connectivity index (χ4v) is 1.83. The number of aliphatic imine (C=N–C) groups is 1. The van der Waals surface area contributed by atoms with Crippen LogP contribution in [0.1, 0.15) is 21.5 Å². The average Bonchev–Trinajstić information content (AvgIpc) is 2.46. The number of nitrogens with two attached hydrogens (primary N) is 1. The summed E-state index contributed by atoms with van der Waals surface area (Å²) in [5.74, 6) is 0.375. The molecule has 0 atom stereocenters. The molecule has 0 fully saturated rings. The number of hydrogen-bond donors (Lipinski definition) is 1. The van der Waals surface area contributed by atoms with Gasteiger partial charge in [-0.3, -0.25) is 9.79 Å². The highest BCUT2D eigenvalue weighted by Crippen LogP contribution is 2.08. The Kier molecular flexibility index (Phi) is 4.08. The molecule has 0 aliphatic carbocycles. The summed E-state index contributed by atoms with van der Waals surface area (Å²) in [6.07, 6.45) is 0. The number of rotatable bonds is 4. The fraction of sp³-hybridized carbons (Fsp3) is 0.125. The summed E-state index contributed by atoms with van der Waals surface area (Å²) in [6.45, 7) is 1.99. The molecule has 0 spiro atoms. The molecule has 0 aliphatic rings. The smallest absolute Gasteiger partial charge is 0.184 e. The lowest BCUT2D eigenvalue weighted by molar-refractivity contribution is 0.100. The van der Waals surface area contributed by atoms with E-state index in [-0.39, 0.29) is 12.3 Å². The van der Waals surface area contributed by atoms with Crippen LogP contribution in [0.5, 0.6) is 0 Å². The topological polar surface area (TPSA) is 55.5 Å². The Bertz CT molecular complexity index is 603. The van der Waals surface area contributed by atoms with Crippen LogP contribution in [0.3, 0.4) is 0 Å². The molecule has 0 heterocycles. The molecule has 2 N–H and O–H groups in total. The Morgan fingerprint density at radius 3 is 2.37 bits per heavy atom. The first-order chi connectivity index (χ1) is 9.18. The van der Waals surface area contributed by atoms with Crippen LogP contribution < -0.4 is 5.73 Å². The van der Waals surface area contributed by atoms with Crippen LogP contribution in [-0.4, -0.2) is 18.2 Å². The molecule has 2 rings (SSSR count). The quantitative estimate of drug-likeness (QED) is 0.516. The maximum atomic E-state index is 12.0. The first-order valence-electron chi connectivity index (χ1n) is 6.12. The van der Waals surface area contributed by atoms with Gasteiger partial charge in [-0.2, -0.15) is 0 Å². The second-order valence-electron chi connectivity index (χ2n) is 4.31. The number of carbonyl (C=O) groups excluding carboxylic acids is 1. The SMILES string of the molecule is Cc1ccccc1C(=O)CN=C(N)c1ccccc1. The van der Waals surface area contributed by atoms with Crippen LogP contribution in [0.2, 0.25) is 0 Å². The summed E-state index contributed by atoms with van der Waals surface area (Å²) in [7, 11) is 0. The van der Waals surface area contributed by atoms with Gasteiger partial charge in [0.1, 0.15) is 12.4 Å². The number of ketones is 1. The summed E-state index contributed by atoms with van der Waals surface area (Å²) >= 11 is 0. The van der Waals surface area contributed by atoms with Crippen molar-refractivity contribution in [2.24, 2.45) is 10.7 Å². The number of aryl methyl sites for hydroxylation is 1. The van der Waals surface area contributed by atoms with E-state index in [0.29, 0.717) is 11.4 Å². The summed E-state index contributed by atoms with van der Waals surface area (Å²) in [5, 5.41) is 0. The number of amidine groups is 1. The van der Waals surface area contributed by atoms with Gasteiger partial charge in [-0.05, 0) is 12.5 Å². The van der Waals surface area contributed by atoms with Crippen molar-refractivity contribution >= 4 is 11.6 Å².